The maximum absolute atomic E-state index is 10.5. The van der Waals surface area contributed by atoms with Crippen molar-refractivity contribution in [1.82, 2.24) is 0 Å². The van der Waals surface area contributed by atoms with Crippen molar-refractivity contribution in [3.63, 3.8) is 0 Å². The highest BCUT2D eigenvalue weighted by Crippen LogP contribution is 2.10. The van der Waals surface area contributed by atoms with E-state index in [-0.39, 0.29) is 12.6 Å². The Labute approximate surface area is 172 Å². The van der Waals surface area contributed by atoms with Gasteiger partial charge in [-0.1, -0.05) is 64.7 Å². The van der Waals surface area contributed by atoms with Crippen LogP contribution in [0.15, 0.2) is 0 Å². The second kappa shape index (κ2) is 24.3. The van der Waals surface area contributed by atoms with Gasteiger partial charge in [-0.05, 0) is 6.42 Å². The Morgan fingerprint density at radius 1 is 0.500 bits per heavy atom. The largest absolute Gasteiger partial charge is 0.463 e. The van der Waals surface area contributed by atoms with Crippen molar-refractivity contribution >= 4 is 5.97 Å². The van der Waals surface area contributed by atoms with Gasteiger partial charge in [0.25, 0.3) is 0 Å². The first-order chi connectivity index (χ1) is 13.8. The van der Waals surface area contributed by atoms with Gasteiger partial charge in [-0.25, -0.2) is 0 Å². The molecule has 0 atom stereocenters. The molecule has 0 unspecified atom stereocenters. The number of carbonyl (C=O) groups is 1. The maximum Gasteiger partial charge on any atom is 0.302 e. The zero-order valence-corrected chi connectivity index (χ0v) is 18.4. The predicted octanol–water partition coefficient (Wildman–Crippen LogP) is 4.54. The second-order valence-electron chi connectivity index (χ2n) is 6.97. The van der Waals surface area contributed by atoms with Gasteiger partial charge >= 0.3 is 5.97 Å². The molecule has 0 saturated heterocycles. The van der Waals surface area contributed by atoms with Crippen LogP contribution in [-0.4, -0.2) is 65.4 Å². The quantitative estimate of drug-likeness (QED) is 0.184. The van der Waals surface area contributed by atoms with Gasteiger partial charge in [0, 0.05) is 13.5 Å². The molecule has 0 fully saturated rings. The van der Waals surface area contributed by atoms with E-state index in [9.17, 15) is 4.79 Å². The van der Waals surface area contributed by atoms with E-state index < -0.39 is 0 Å². The van der Waals surface area contributed by atoms with E-state index in [4.69, 9.17) is 23.7 Å². The first-order valence-corrected chi connectivity index (χ1v) is 11.2. The molecule has 0 spiro atoms. The van der Waals surface area contributed by atoms with Crippen LogP contribution in [0.3, 0.4) is 0 Å². The van der Waals surface area contributed by atoms with Crippen LogP contribution in [-0.2, 0) is 28.5 Å². The van der Waals surface area contributed by atoms with E-state index in [0.717, 1.165) is 13.0 Å². The van der Waals surface area contributed by atoms with E-state index in [1.54, 1.807) is 0 Å². The summed E-state index contributed by atoms with van der Waals surface area (Å²) < 4.78 is 26.4. The number of ether oxygens (including phenoxy) is 5. The van der Waals surface area contributed by atoms with E-state index >= 15 is 0 Å². The molecule has 0 aromatic heterocycles. The SMILES string of the molecule is CCCCCCCCCCCCOCCOCCOCCOCCOC(C)=O. The van der Waals surface area contributed by atoms with Crippen molar-refractivity contribution in [3.05, 3.63) is 0 Å². The van der Waals surface area contributed by atoms with Crippen molar-refractivity contribution < 1.29 is 28.5 Å². The fraction of sp³-hybridized carbons (Fsp3) is 0.955. The van der Waals surface area contributed by atoms with Gasteiger partial charge in [0.2, 0.25) is 0 Å². The number of hydrogen-bond donors (Lipinski definition) is 0. The third-order valence-corrected chi connectivity index (χ3v) is 4.29. The minimum Gasteiger partial charge on any atom is -0.463 e. The van der Waals surface area contributed by atoms with Gasteiger partial charge in [0.15, 0.2) is 0 Å². The molecule has 168 valence electrons. The Bertz CT molecular complexity index is 311. The molecule has 28 heavy (non-hydrogen) atoms. The first kappa shape index (κ1) is 27.3. The van der Waals surface area contributed by atoms with Crippen molar-refractivity contribution in [2.45, 2.75) is 78.1 Å². The minimum absolute atomic E-state index is 0.288. The van der Waals surface area contributed by atoms with E-state index in [2.05, 4.69) is 6.92 Å². The van der Waals surface area contributed by atoms with Gasteiger partial charge in [-0.2, -0.15) is 0 Å². The van der Waals surface area contributed by atoms with Crippen LogP contribution in [0.1, 0.15) is 78.1 Å². The van der Waals surface area contributed by atoms with E-state index in [0.29, 0.717) is 46.2 Å². The Morgan fingerprint density at radius 2 is 0.857 bits per heavy atom. The molecule has 0 heterocycles. The Morgan fingerprint density at radius 3 is 1.29 bits per heavy atom. The third kappa shape index (κ3) is 25.3. The molecular weight excluding hydrogens is 360 g/mol. The van der Waals surface area contributed by atoms with Crippen molar-refractivity contribution in [2.24, 2.45) is 0 Å². The molecule has 0 N–H and O–H groups in total. The van der Waals surface area contributed by atoms with Crippen molar-refractivity contribution in [1.29, 1.82) is 0 Å². The molecule has 0 radical (unpaired) electrons. The van der Waals surface area contributed by atoms with Gasteiger partial charge in [-0.15, -0.1) is 0 Å². The number of hydrogen-bond acceptors (Lipinski definition) is 6. The summed E-state index contributed by atoms with van der Waals surface area (Å²) >= 11 is 0. The highest BCUT2D eigenvalue weighted by atomic mass is 16.6. The van der Waals surface area contributed by atoms with Gasteiger partial charge < -0.3 is 23.7 Å². The normalized spacial score (nSPS) is 11.1. The Kier molecular flexibility index (Phi) is 23.7. The summed E-state index contributed by atoms with van der Waals surface area (Å²) in [5.41, 5.74) is 0. The number of carbonyl (C=O) groups excluding carboxylic acids is 1. The topological polar surface area (TPSA) is 63.2 Å². The monoisotopic (exact) mass is 404 g/mol. The minimum atomic E-state index is -0.288. The van der Waals surface area contributed by atoms with Crippen LogP contribution >= 0.6 is 0 Å². The Hall–Kier alpha value is -0.690. The van der Waals surface area contributed by atoms with Crippen LogP contribution in [0, 0.1) is 0 Å². The summed E-state index contributed by atoms with van der Waals surface area (Å²) in [7, 11) is 0. The number of esters is 1. The van der Waals surface area contributed by atoms with E-state index in [1.165, 1.54) is 64.7 Å². The lowest BCUT2D eigenvalue weighted by atomic mass is 10.1. The lowest BCUT2D eigenvalue weighted by Crippen LogP contribution is -2.13. The highest BCUT2D eigenvalue weighted by molar-refractivity contribution is 5.65. The lowest BCUT2D eigenvalue weighted by Gasteiger charge is -2.07. The molecule has 0 aliphatic rings. The summed E-state index contributed by atoms with van der Waals surface area (Å²) in [6, 6.07) is 0. The fourth-order valence-corrected chi connectivity index (χ4v) is 2.70. The summed E-state index contributed by atoms with van der Waals surface area (Å²) in [4.78, 5) is 10.5. The third-order valence-electron chi connectivity index (χ3n) is 4.29. The number of rotatable bonds is 23. The van der Waals surface area contributed by atoms with Gasteiger partial charge in [-0.3, -0.25) is 4.79 Å². The summed E-state index contributed by atoms with van der Waals surface area (Å²) in [5.74, 6) is -0.288. The highest BCUT2D eigenvalue weighted by Gasteiger charge is 1.95. The standard InChI is InChI=1S/C22H44O6/c1-3-4-5-6-7-8-9-10-11-12-13-24-14-15-25-16-17-26-18-19-27-20-21-28-22(2)23/h3-21H2,1-2H3. The zero-order chi connectivity index (χ0) is 20.5. The van der Waals surface area contributed by atoms with E-state index in [1.807, 2.05) is 0 Å². The predicted molar refractivity (Wildman–Crippen MR) is 112 cm³/mol. The van der Waals surface area contributed by atoms with Gasteiger partial charge in [0.1, 0.15) is 6.61 Å². The summed E-state index contributed by atoms with van der Waals surface area (Å²) in [6.45, 7) is 8.54. The molecule has 0 bridgehead atoms. The molecule has 6 nitrogen and oxygen atoms in total. The van der Waals surface area contributed by atoms with Crippen LogP contribution in [0.4, 0.5) is 0 Å². The van der Waals surface area contributed by atoms with Crippen molar-refractivity contribution in [3.8, 4) is 0 Å². The zero-order valence-electron chi connectivity index (χ0n) is 18.4. The second-order valence-corrected chi connectivity index (χ2v) is 6.97. The van der Waals surface area contributed by atoms with Crippen molar-refractivity contribution in [2.75, 3.05) is 59.5 Å². The summed E-state index contributed by atoms with van der Waals surface area (Å²) in [5, 5.41) is 0. The molecular formula is C22H44O6. The van der Waals surface area contributed by atoms with Crippen LogP contribution in [0.5, 0.6) is 0 Å². The van der Waals surface area contributed by atoms with Crippen LogP contribution < -0.4 is 0 Å². The van der Waals surface area contributed by atoms with Crippen LogP contribution in [0.2, 0.25) is 0 Å². The molecule has 6 heteroatoms. The molecule has 0 amide bonds. The molecule has 0 aliphatic heterocycles. The molecule has 0 saturated carbocycles. The smallest absolute Gasteiger partial charge is 0.302 e. The average Bonchev–Trinajstić information content (AvgIpc) is 2.68. The molecule has 0 aromatic rings. The lowest BCUT2D eigenvalue weighted by molar-refractivity contribution is -0.142. The fourth-order valence-electron chi connectivity index (χ4n) is 2.70. The molecule has 0 rings (SSSR count). The molecule has 0 aliphatic carbocycles. The Balaban J connectivity index is 2.99. The number of unbranched alkanes of at least 4 members (excludes halogenated alkanes) is 9. The molecule has 0 aromatic carbocycles. The first-order valence-electron chi connectivity index (χ1n) is 11.2. The summed E-state index contributed by atoms with van der Waals surface area (Å²) in [6.07, 6.45) is 13.5. The average molecular weight is 405 g/mol. The maximum atomic E-state index is 10.5. The van der Waals surface area contributed by atoms with Crippen LogP contribution in [0.25, 0.3) is 0 Å². The van der Waals surface area contributed by atoms with Gasteiger partial charge in [0.05, 0.1) is 46.2 Å².